The van der Waals surface area contributed by atoms with Crippen LogP contribution in [0.1, 0.15) is 17.3 Å². The van der Waals surface area contributed by atoms with E-state index < -0.39 is 5.82 Å². The highest BCUT2D eigenvalue weighted by Crippen LogP contribution is 2.23. The molecule has 0 radical (unpaired) electrons. The molecular formula is C16H13ClFNO2S. The van der Waals surface area contributed by atoms with Crippen molar-refractivity contribution in [2.75, 3.05) is 11.1 Å². The number of Topliss-reactive ketones (excluding diaryl/α,β-unsaturated/α-hetero) is 1. The highest BCUT2D eigenvalue weighted by molar-refractivity contribution is 8.00. The van der Waals surface area contributed by atoms with Crippen LogP contribution >= 0.6 is 23.4 Å². The van der Waals surface area contributed by atoms with Gasteiger partial charge in [0.1, 0.15) is 5.82 Å². The summed E-state index contributed by atoms with van der Waals surface area (Å²) in [6, 6.07) is 11.0. The Bertz CT molecular complexity index is 721. The first-order valence-corrected chi connectivity index (χ1v) is 7.81. The van der Waals surface area contributed by atoms with Gasteiger partial charge in [-0.05, 0) is 37.3 Å². The third-order valence-electron chi connectivity index (χ3n) is 2.81. The van der Waals surface area contributed by atoms with E-state index in [4.69, 9.17) is 11.6 Å². The summed E-state index contributed by atoms with van der Waals surface area (Å²) in [5, 5.41) is 3.21. The smallest absolute Gasteiger partial charge is 0.234 e. The number of anilines is 1. The van der Waals surface area contributed by atoms with E-state index in [0.717, 1.165) is 11.8 Å². The lowest BCUT2D eigenvalue weighted by Crippen LogP contribution is -2.14. The molecular weight excluding hydrogens is 325 g/mol. The van der Waals surface area contributed by atoms with Crippen molar-refractivity contribution in [3.63, 3.8) is 0 Å². The summed E-state index contributed by atoms with van der Waals surface area (Å²) in [6.45, 7) is 1.38. The fourth-order valence-electron chi connectivity index (χ4n) is 1.74. The summed E-state index contributed by atoms with van der Waals surface area (Å²) < 4.78 is 13.8. The van der Waals surface area contributed by atoms with Crippen molar-refractivity contribution in [1.82, 2.24) is 0 Å². The molecule has 6 heteroatoms. The van der Waals surface area contributed by atoms with Crippen LogP contribution in [0.5, 0.6) is 0 Å². The molecule has 114 valence electrons. The van der Waals surface area contributed by atoms with Crippen LogP contribution in [0.15, 0.2) is 47.4 Å². The van der Waals surface area contributed by atoms with Gasteiger partial charge in [0.2, 0.25) is 5.91 Å². The Morgan fingerprint density at radius 1 is 1.23 bits per heavy atom. The molecule has 0 bridgehead atoms. The van der Waals surface area contributed by atoms with Crippen molar-refractivity contribution in [2.24, 2.45) is 0 Å². The highest BCUT2D eigenvalue weighted by Gasteiger charge is 2.09. The molecule has 22 heavy (non-hydrogen) atoms. The van der Waals surface area contributed by atoms with Gasteiger partial charge in [-0.25, -0.2) is 4.39 Å². The normalized spacial score (nSPS) is 10.3. The summed E-state index contributed by atoms with van der Waals surface area (Å²) in [4.78, 5) is 23.3. The average Bonchev–Trinajstić information content (AvgIpc) is 2.45. The number of hydrogen-bond donors (Lipinski definition) is 1. The number of rotatable bonds is 5. The Labute approximate surface area is 136 Å². The zero-order valence-electron chi connectivity index (χ0n) is 11.7. The van der Waals surface area contributed by atoms with Gasteiger partial charge >= 0.3 is 0 Å². The number of thioether (sulfide) groups is 1. The van der Waals surface area contributed by atoms with Gasteiger partial charge < -0.3 is 5.32 Å². The second kappa shape index (κ2) is 7.42. The first kappa shape index (κ1) is 16.5. The predicted octanol–water partition coefficient (Wildman–Crippen LogP) is 4.41. The number of carbonyl (C=O) groups is 2. The fraction of sp³-hybridized carbons (Fsp3) is 0.125. The monoisotopic (exact) mass is 337 g/mol. The molecule has 0 atom stereocenters. The number of carbonyl (C=O) groups excluding carboxylic acids is 2. The Kier molecular flexibility index (Phi) is 5.57. The van der Waals surface area contributed by atoms with E-state index in [-0.39, 0.29) is 17.4 Å². The van der Waals surface area contributed by atoms with Crippen molar-refractivity contribution >= 4 is 40.7 Å². The molecule has 2 rings (SSSR count). The Morgan fingerprint density at radius 3 is 2.64 bits per heavy atom. The molecule has 1 N–H and O–H groups in total. The van der Waals surface area contributed by atoms with Crippen molar-refractivity contribution in [3.8, 4) is 0 Å². The van der Waals surface area contributed by atoms with E-state index in [1.807, 2.05) is 0 Å². The second-order valence-electron chi connectivity index (χ2n) is 4.55. The van der Waals surface area contributed by atoms with E-state index in [0.29, 0.717) is 21.2 Å². The standard InChI is InChI=1S/C16H13ClFNO2S/c1-10(20)11-5-6-15(14(18)7-11)22-9-16(21)19-13-4-2-3-12(17)8-13/h2-8H,9H2,1H3,(H,19,21). The zero-order chi connectivity index (χ0) is 16.1. The molecule has 0 aliphatic rings. The molecule has 0 aliphatic heterocycles. The van der Waals surface area contributed by atoms with Crippen molar-refractivity contribution in [2.45, 2.75) is 11.8 Å². The Balaban J connectivity index is 1.95. The van der Waals surface area contributed by atoms with Crippen molar-refractivity contribution < 1.29 is 14.0 Å². The van der Waals surface area contributed by atoms with Crippen LogP contribution < -0.4 is 5.32 Å². The number of nitrogens with one attached hydrogen (secondary N) is 1. The lowest BCUT2D eigenvalue weighted by Gasteiger charge is -2.07. The third kappa shape index (κ3) is 4.58. The van der Waals surface area contributed by atoms with Crippen LogP contribution in [0.2, 0.25) is 5.02 Å². The quantitative estimate of drug-likeness (QED) is 0.649. The van der Waals surface area contributed by atoms with Crippen LogP contribution in [-0.2, 0) is 4.79 Å². The third-order valence-corrected chi connectivity index (χ3v) is 4.09. The van der Waals surface area contributed by atoms with Crippen molar-refractivity contribution in [3.05, 3.63) is 58.9 Å². The largest absolute Gasteiger partial charge is 0.325 e. The first-order valence-electron chi connectivity index (χ1n) is 6.44. The fourth-order valence-corrected chi connectivity index (χ4v) is 2.65. The van der Waals surface area contributed by atoms with Gasteiger partial charge in [-0.2, -0.15) is 0 Å². The Morgan fingerprint density at radius 2 is 2.00 bits per heavy atom. The van der Waals surface area contributed by atoms with Crippen LogP contribution in [0.3, 0.4) is 0 Å². The van der Waals surface area contributed by atoms with E-state index >= 15 is 0 Å². The Hall–Kier alpha value is -1.85. The second-order valence-corrected chi connectivity index (χ2v) is 6.00. The van der Waals surface area contributed by atoms with Crippen LogP contribution in [0.25, 0.3) is 0 Å². The lowest BCUT2D eigenvalue weighted by molar-refractivity contribution is -0.113. The summed E-state index contributed by atoms with van der Waals surface area (Å²) >= 11 is 6.90. The molecule has 0 aliphatic carbocycles. The maximum absolute atomic E-state index is 13.8. The first-order chi connectivity index (χ1) is 10.5. The number of amides is 1. The van der Waals surface area contributed by atoms with Crippen LogP contribution in [0.4, 0.5) is 10.1 Å². The summed E-state index contributed by atoms with van der Waals surface area (Å²) in [6.07, 6.45) is 0. The molecule has 3 nitrogen and oxygen atoms in total. The maximum atomic E-state index is 13.8. The average molecular weight is 338 g/mol. The van der Waals surface area contributed by atoms with Gasteiger partial charge in [-0.3, -0.25) is 9.59 Å². The van der Waals surface area contributed by atoms with E-state index in [9.17, 15) is 14.0 Å². The minimum atomic E-state index is -0.506. The molecule has 0 heterocycles. The predicted molar refractivity (Wildman–Crippen MR) is 87.2 cm³/mol. The number of ketones is 1. The molecule has 0 saturated heterocycles. The van der Waals surface area contributed by atoms with Gasteiger partial charge in [0, 0.05) is 21.2 Å². The van der Waals surface area contributed by atoms with Crippen LogP contribution in [0, 0.1) is 5.82 Å². The van der Waals surface area contributed by atoms with Gasteiger partial charge in [-0.1, -0.05) is 23.7 Å². The zero-order valence-corrected chi connectivity index (χ0v) is 13.3. The van der Waals surface area contributed by atoms with E-state index in [2.05, 4.69) is 5.32 Å². The number of benzene rings is 2. The van der Waals surface area contributed by atoms with Gasteiger partial charge in [0.25, 0.3) is 0 Å². The molecule has 0 saturated carbocycles. The van der Waals surface area contributed by atoms with Crippen molar-refractivity contribution in [1.29, 1.82) is 0 Å². The van der Waals surface area contributed by atoms with E-state index in [1.165, 1.54) is 19.1 Å². The molecule has 2 aromatic rings. The number of hydrogen-bond acceptors (Lipinski definition) is 3. The van der Waals surface area contributed by atoms with Gasteiger partial charge in [-0.15, -0.1) is 11.8 Å². The molecule has 1 amide bonds. The van der Waals surface area contributed by atoms with E-state index in [1.54, 1.807) is 30.3 Å². The SMILES string of the molecule is CC(=O)c1ccc(SCC(=O)Nc2cccc(Cl)c2)c(F)c1. The topological polar surface area (TPSA) is 46.2 Å². The molecule has 0 fully saturated rings. The molecule has 0 spiro atoms. The summed E-state index contributed by atoms with van der Waals surface area (Å²) in [7, 11) is 0. The van der Waals surface area contributed by atoms with Crippen LogP contribution in [-0.4, -0.2) is 17.4 Å². The molecule has 2 aromatic carbocycles. The summed E-state index contributed by atoms with van der Waals surface area (Å²) in [5.41, 5.74) is 0.899. The minimum absolute atomic E-state index is 0.0584. The maximum Gasteiger partial charge on any atom is 0.234 e. The van der Waals surface area contributed by atoms with Gasteiger partial charge in [0.15, 0.2) is 5.78 Å². The highest BCUT2D eigenvalue weighted by atomic mass is 35.5. The summed E-state index contributed by atoms with van der Waals surface area (Å²) in [5.74, 6) is -0.909. The van der Waals surface area contributed by atoms with Gasteiger partial charge in [0.05, 0.1) is 5.75 Å². The molecule has 0 unspecified atom stereocenters. The minimum Gasteiger partial charge on any atom is -0.325 e. The lowest BCUT2D eigenvalue weighted by atomic mass is 10.1. The number of halogens is 2. The molecule has 0 aromatic heterocycles.